The first-order valence-corrected chi connectivity index (χ1v) is 8.78. The molecular weight excluding hydrogens is 274 g/mol. The number of likely N-dealkylation sites (N-methyl/N-ethyl adjacent to an activating group) is 1. The highest BCUT2D eigenvalue weighted by atomic mass is 32.2. The molecule has 0 heterocycles. The number of ketones is 1. The Kier molecular flexibility index (Phi) is 6.88. The maximum atomic E-state index is 12.2. The molecule has 0 aromatic heterocycles. The fourth-order valence-corrected chi connectivity index (χ4v) is 2.87. The van der Waals surface area contributed by atoms with E-state index >= 15 is 0 Å². The Balaban J connectivity index is 2.63. The van der Waals surface area contributed by atoms with Crippen LogP contribution in [0.25, 0.3) is 0 Å². The Bertz CT molecular complexity index is 538. The SMILES string of the molecule is CCS(=O)(=O)CCCC(=O)c1ccccc1CCNC. The van der Waals surface area contributed by atoms with Gasteiger partial charge in [0.1, 0.15) is 9.84 Å². The molecule has 0 saturated carbocycles. The average molecular weight is 297 g/mol. The zero-order valence-electron chi connectivity index (χ0n) is 12.2. The molecule has 0 amide bonds. The second-order valence-electron chi connectivity index (χ2n) is 4.77. The van der Waals surface area contributed by atoms with E-state index in [-0.39, 0.29) is 23.7 Å². The summed E-state index contributed by atoms with van der Waals surface area (Å²) in [6.07, 6.45) is 1.48. The maximum absolute atomic E-state index is 12.2. The minimum absolute atomic E-state index is 0.0306. The van der Waals surface area contributed by atoms with Gasteiger partial charge in [-0.3, -0.25) is 4.79 Å². The highest BCUT2D eigenvalue weighted by Crippen LogP contribution is 2.13. The molecule has 1 rings (SSSR count). The lowest BCUT2D eigenvalue weighted by Crippen LogP contribution is -2.14. The van der Waals surface area contributed by atoms with E-state index in [0.29, 0.717) is 6.42 Å². The van der Waals surface area contributed by atoms with Gasteiger partial charge in [0.05, 0.1) is 5.75 Å². The largest absolute Gasteiger partial charge is 0.319 e. The predicted molar refractivity (Wildman–Crippen MR) is 82.0 cm³/mol. The van der Waals surface area contributed by atoms with E-state index in [1.54, 1.807) is 6.92 Å². The van der Waals surface area contributed by atoms with Crippen LogP contribution in [0.5, 0.6) is 0 Å². The molecule has 112 valence electrons. The minimum atomic E-state index is -2.98. The molecule has 1 aromatic rings. The van der Waals surface area contributed by atoms with Gasteiger partial charge >= 0.3 is 0 Å². The number of Topliss-reactive ketones (excluding diaryl/α,β-unsaturated/α-hetero) is 1. The molecule has 0 aliphatic heterocycles. The van der Waals surface area contributed by atoms with Crippen LogP contribution in [-0.4, -0.2) is 39.3 Å². The molecule has 0 spiro atoms. The summed E-state index contributed by atoms with van der Waals surface area (Å²) in [5, 5.41) is 3.06. The molecule has 5 heteroatoms. The lowest BCUT2D eigenvalue weighted by Gasteiger charge is -2.08. The fourth-order valence-electron chi connectivity index (χ4n) is 2.00. The highest BCUT2D eigenvalue weighted by molar-refractivity contribution is 7.91. The van der Waals surface area contributed by atoms with Crippen LogP contribution in [0, 0.1) is 0 Å². The third-order valence-corrected chi connectivity index (χ3v) is 5.05. The van der Waals surface area contributed by atoms with Gasteiger partial charge in [0, 0.05) is 17.7 Å². The lowest BCUT2D eigenvalue weighted by atomic mass is 9.99. The summed E-state index contributed by atoms with van der Waals surface area (Å²) in [4.78, 5) is 12.2. The van der Waals surface area contributed by atoms with E-state index in [1.165, 1.54) is 0 Å². The van der Waals surface area contributed by atoms with E-state index in [9.17, 15) is 13.2 Å². The van der Waals surface area contributed by atoms with Crippen molar-refractivity contribution >= 4 is 15.6 Å². The number of hydrogen-bond donors (Lipinski definition) is 1. The van der Waals surface area contributed by atoms with Gasteiger partial charge < -0.3 is 5.32 Å². The Hall–Kier alpha value is -1.20. The van der Waals surface area contributed by atoms with Crippen molar-refractivity contribution in [2.24, 2.45) is 0 Å². The van der Waals surface area contributed by atoms with Crippen molar-refractivity contribution in [3.8, 4) is 0 Å². The van der Waals surface area contributed by atoms with Crippen LogP contribution in [0.3, 0.4) is 0 Å². The van der Waals surface area contributed by atoms with Crippen LogP contribution >= 0.6 is 0 Å². The first kappa shape index (κ1) is 16.9. The molecule has 0 fully saturated rings. The van der Waals surface area contributed by atoms with Gasteiger partial charge in [-0.25, -0.2) is 8.42 Å². The van der Waals surface area contributed by atoms with Crippen LogP contribution in [-0.2, 0) is 16.3 Å². The Morgan fingerprint density at radius 1 is 1.25 bits per heavy atom. The number of carbonyl (C=O) groups is 1. The second-order valence-corrected chi connectivity index (χ2v) is 7.25. The predicted octanol–water partition coefficient (Wildman–Crippen LogP) is 1.85. The van der Waals surface area contributed by atoms with E-state index in [4.69, 9.17) is 0 Å². The fraction of sp³-hybridized carbons (Fsp3) is 0.533. The van der Waals surface area contributed by atoms with Gasteiger partial charge in [-0.2, -0.15) is 0 Å². The third kappa shape index (κ3) is 5.43. The first-order valence-electron chi connectivity index (χ1n) is 6.96. The number of hydrogen-bond acceptors (Lipinski definition) is 4. The Morgan fingerprint density at radius 3 is 2.60 bits per heavy atom. The summed E-state index contributed by atoms with van der Waals surface area (Å²) < 4.78 is 22.8. The highest BCUT2D eigenvalue weighted by Gasteiger charge is 2.13. The van der Waals surface area contributed by atoms with Gasteiger partial charge in [0.2, 0.25) is 0 Å². The van der Waals surface area contributed by atoms with Crippen molar-refractivity contribution < 1.29 is 13.2 Å². The molecular formula is C15H23NO3S. The van der Waals surface area contributed by atoms with Gasteiger partial charge in [0.25, 0.3) is 0 Å². The van der Waals surface area contributed by atoms with Gasteiger partial charge in [-0.15, -0.1) is 0 Å². The van der Waals surface area contributed by atoms with Crippen molar-refractivity contribution in [1.29, 1.82) is 0 Å². The van der Waals surface area contributed by atoms with Crippen molar-refractivity contribution in [2.45, 2.75) is 26.2 Å². The minimum Gasteiger partial charge on any atom is -0.319 e. The molecule has 1 N–H and O–H groups in total. The summed E-state index contributed by atoms with van der Waals surface area (Å²) >= 11 is 0. The van der Waals surface area contributed by atoms with E-state index in [0.717, 1.165) is 24.1 Å². The van der Waals surface area contributed by atoms with Gasteiger partial charge in [-0.05, 0) is 32.0 Å². The number of sulfone groups is 1. The third-order valence-electron chi connectivity index (χ3n) is 3.26. The molecule has 0 atom stereocenters. The zero-order valence-corrected chi connectivity index (χ0v) is 13.0. The molecule has 20 heavy (non-hydrogen) atoms. The molecule has 0 bridgehead atoms. The lowest BCUT2D eigenvalue weighted by molar-refractivity contribution is 0.0981. The van der Waals surface area contributed by atoms with Crippen LogP contribution in [0.15, 0.2) is 24.3 Å². The summed E-state index contributed by atoms with van der Waals surface area (Å²) in [6, 6.07) is 7.54. The Labute approximate surface area is 121 Å². The summed E-state index contributed by atoms with van der Waals surface area (Å²) in [5.74, 6) is 0.261. The monoisotopic (exact) mass is 297 g/mol. The van der Waals surface area contributed by atoms with E-state index in [1.807, 2.05) is 31.3 Å². The maximum Gasteiger partial charge on any atom is 0.163 e. The summed E-state index contributed by atoms with van der Waals surface area (Å²) in [6.45, 7) is 2.44. The molecule has 0 aliphatic rings. The molecule has 0 aliphatic carbocycles. The number of carbonyl (C=O) groups excluding carboxylic acids is 1. The zero-order chi connectivity index (χ0) is 15.0. The van der Waals surface area contributed by atoms with Crippen molar-refractivity contribution in [2.75, 3.05) is 25.1 Å². The topological polar surface area (TPSA) is 63.2 Å². The normalized spacial score (nSPS) is 11.5. The molecule has 1 aromatic carbocycles. The number of rotatable bonds is 9. The van der Waals surface area contributed by atoms with Crippen molar-refractivity contribution in [3.63, 3.8) is 0 Å². The molecule has 0 unspecified atom stereocenters. The standard InChI is InChI=1S/C15H23NO3S/c1-3-20(18,19)12-6-9-15(17)14-8-5-4-7-13(14)10-11-16-2/h4-5,7-8,16H,3,6,9-12H2,1-2H3. The average Bonchev–Trinajstić information content (AvgIpc) is 2.45. The summed E-state index contributed by atoms with van der Waals surface area (Å²) in [7, 11) is -1.11. The van der Waals surface area contributed by atoms with Crippen LogP contribution in [0.4, 0.5) is 0 Å². The molecule has 0 saturated heterocycles. The van der Waals surface area contributed by atoms with Crippen LogP contribution in [0.1, 0.15) is 35.7 Å². The van der Waals surface area contributed by atoms with E-state index < -0.39 is 9.84 Å². The van der Waals surface area contributed by atoms with Gasteiger partial charge in [-0.1, -0.05) is 31.2 Å². The quantitative estimate of drug-likeness (QED) is 0.707. The molecule has 0 radical (unpaired) electrons. The smallest absolute Gasteiger partial charge is 0.163 e. The number of nitrogens with one attached hydrogen (secondary N) is 1. The van der Waals surface area contributed by atoms with E-state index in [2.05, 4.69) is 5.32 Å². The van der Waals surface area contributed by atoms with Crippen molar-refractivity contribution in [1.82, 2.24) is 5.32 Å². The molecule has 4 nitrogen and oxygen atoms in total. The second kappa shape index (κ2) is 8.17. The number of benzene rings is 1. The Morgan fingerprint density at radius 2 is 1.95 bits per heavy atom. The van der Waals surface area contributed by atoms with Crippen LogP contribution in [0.2, 0.25) is 0 Å². The van der Waals surface area contributed by atoms with Crippen LogP contribution < -0.4 is 5.32 Å². The van der Waals surface area contributed by atoms with Gasteiger partial charge in [0.15, 0.2) is 5.78 Å². The first-order chi connectivity index (χ1) is 9.50. The summed E-state index contributed by atoms with van der Waals surface area (Å²) in [5.41, 5.74) is 1.74. The van der Waals surface area contributed by atoms with Crippen molar-refractivity contribution in [3.05, 3.63) is 35.4 Å².